The van der Waals surface area contributed by atoms with Gasteiger partial charge in [0.2, 0.25) is 5.91 Å². The lowest BCUT2D eigenvalue weighted by Gasteiger charge is -2.41. The van der Waals surface area contributed by atoms with Crippen LogP contribution in [0.5, 0.6) is 0 Å². The smallest absolute Gasteiger partial charge is 0.238 e. The highest BCUT2D eigenvalue weighted by Crippen LogP contribution is 2.27. The van der Waals surface area contributed by atoms with Crippen molar-refractivity contribution in [1.29, 1.82) is 0 Å². The molecule has 1 aliphatic heterocycles. The molecule has 2 rings (SSSR count). The second-order valence-corrected chi connectivity index (χ2v) is 7.27. The first-order chi connectivity index (χ1) is 10.3. The van der Waals surface area contributed by atoms with E-state index in [2.05, 4.69) is 63.9 Å². The van der Waals surface area contributed by atoms with Crippen LogP contribution in [0, 0.1) is 26.7 Å². The van der Waals surface area contributed by atoms with E-state index in [1.807, 2.05) is 0 Å². The summed E-state index contributed by atoms with van der Waals surface area (Å²) in [6.07, 6.45) is 2.36. The second kappa shape index (κ2) is 8.16. The Labute approximate surface area is 147 Å². The fourth-order valence-electron chi connectivity index (χ4n) is 4.00. The molecular formula is C19H31ClN2O. The monoisotopic (exact) mass is 338 g/mol. The number of carbonyl (C=O) groups is 1. The summed E-state index contributed by atoms with van der Waals surface area (Å²) in [7, 11) is 0. The largest absolute Gasteiger partial charge is 0.324 e. The van der Waals surface area contributed by atoms with Crippen molar-refractivity contribution >= 4 is 24.0 Å². The van der Waals surface area contributed by atoms with Crippen LogP contribution in [0.25, 0.3) is 0 Å². The SMILES string of the molecule is Cc1cc(C)c(NC(=O)CN2C(C)CC(C)CC2C)c(C)c1.Cl. The van der Waals surface area contributed by atoms with E-state index in [0.29, 0.717) is 18.6 Å². The molecule has 1 fully saturated rings. The molecular weight excluding hydrogens is 308 g/mol. The van der Waals surface area contributed by atoms with Gasteiger partial charge in [-0.25, -0.2) is 0 Å². The third-order valence-electron chi connectivity index (χ3n) is 4.89. The van der Waals surface area contributed by atoms with Gasteiger partial charge in [-0.15, -0.1) is 12.4 Å². The molecule has 2 atom stereocenters. The number of aryl methyl sites for hydroxylation is 3. The molecule has 1 amide bonds. The zero-order chi connectivity index (χ0) is 16.4. The summed E-state index contributed by atoms with van der Waals surface area (Å²) >= 11 is 0. The van der Waals surface area contributed by atoms with Crippen LogP contribution in [0.2, 0.25) is 0 Å². The number of hydrogen-bond donors (Lipinski definition) is 1. The van der Waals surface area contributed by atoms with Gasteiger partial charge in [0.05, 0.1) is 6.54 Å². The maximum absolute atomic E-state index is 12.5. The number of benzene rings is 1. The normalized spacial score (nSPS) is 24.9. The molecule has 23 heavy (non-hydrogen) atoms. The summed E-state index contributed by atoms with van der Waals surface area (Å²) < 4.78 is 0. The molecule has 130 valence electrons. The molecule has 1 aliphatic rings. The lowest BCUT2D eigenvalue weighted by molar-refractivity contribution is -0.119. The molecule has 0 radical (unpaired) electrons. The second-order valence-electron chi connectivity index (χ2n) is 7.27. The Balaban J connectivity index is 0.00000264. The zero-order valence-corrected chi connectivity index (χ0v) is 16.1. The van der Waals surface area contributed by atoms with Crippen LogP contribution in [-0.4, -0.2) is 29.4 Å². The Morgan fingerprint density at radius 1 is 1.09 bits per heavy atom. The van der Waals surface area contributed by atoms with Gasteiger partial charge >= 0.3 is 0 Å². The molecule has 3 nitrogen and oxygen atoms in total. The fraction of sp³-hybridized carbons (Fsp3) is 0.632. The number of anilines is 1. The Bertz CT molecular complexity index is 523. The highest BCUT2D eigenvalue weighted by Gasteiger charge is 2.30. The summed E-state index contributed by atoms with van der Waals surface area (Å²) in [5.41, 5.74) is 4.49. The van der Waals surface area contributed by atoms with E-state index in [9.17, 15) is 4.79 Å². The first-order valence-electron chi connectivity index (χ1n) is 8.41. The van der Waals surface area contributed by atoms with Crippen LogP contribution in [0.15, 0.2) is 12.1 Å². The highest BCUT2D eigenvalue weighted by molar-refractivity contribution is 5.93. The number of nitrogens with zero attached hydrogens (tertiary/aromatic N) is 1. The molecule has 0 spiro atoms. The average molecular weight is 339 g/mol. The van der Waals surface area contributed by atoms with Crippen LogP contribution in [0.4, 0.5) is 5.69 Å². The van der Waals surface area contributed by atoms with Crippen molar-refractivity contribution in [3.8, 4) is 0 Å². The van der Waals surface area contributed by atoms with E-state index in [1.165, 1.54) is 18.4 Å². The molecule has 0 saturated carbocycles. The number of piperidine rings is 1. The third-order valence-corrected chi connectivity index (χ3v) is 4.89. The molecule has 1 heterocycles. The first-order valence-corrected chi connectivity index (χ1v) is 8.41. The van der Waals surface area contributed by atoms with Gasteiger partial charge in [0.15, 0.2) is 0 Å². The van der Waals surface area contributed by atoms with Gasteiger partial charge in [0.25, 0.3) is 0 Å². The number of amides is 1. The molecule has 4 heteroatoms. The van der Waals surface area contributed by atoms with Crippen LogP contribution in [0.3, 0.4) is 0 Å². The van der Waals surface area contributed by atoms with Crippen LogP contribution in [-0.2, 0) is 4.79 Å². The number of halogens is 1. The molecule has 1 saturated heterocycles. The van der Waals surface area contributed by atoms with Crippen LogP contribution in [0.1, 0.15) is 50.3 Å². The van der Waals surface area contributed by atoms with E-state index in [4.69, 9.17) is 0 Å². The molecule has 2 unspecified atom stereocenters. The van der Waals surface area contributed by atoms with E-state index in [1.54, 1.807) is 0 Å². The fourth-order valence-corrected chi connectivity index (χ4v) is 4.00. The summed E-state index contributed by atoms with van der Waals surface area (Å²) in [5.74, 6) is 0.856. The van der Waals surface area contributed by atoms with Crippen LogP contribution >= 0.6 is 12.4 Å². The van der Waals surface area contributed by atoms with Gasteiger partial charge in [-0.3, -0.25) is 9.69 Å². The van der Waals surface area contributed by atoms with Gasteiger partial charge < -0.3 is 5.32 Å². The molecule has 0 bridgehead atoms. The topological polar surface area (TPSA) is 32.3 Å². The van der Waals surface area contributed by atoms with Crippen molar-refractivity contribution in [3.63, 3.8) is 0 Å². The number of likely N-dealkylation sites (tertiary alicyclic amines) is 1. The highest BCUT2D eigenvalue weighted by atomic mass is 35.5. The Hall–Kier alpha value is -1.06. The van der Waals surface area contributed by atoms with Gasteiger partial charge in [-0.05, 0) is 64.5 Å². The quantitative estimate of drug-likeness (QED) is 0.881. The third kappa shape index (κ3) is 4.95. The maximum atomic E-state index is 12.5. The van der Waals surface area contributed by atoms with Gasteiger partial charge in [-0.2, -0.15) is 0 Å². The Morgan fingerprint density at radius 2 is 1.57 bits per heavy atom. The summed E-state index contributed by atoms with van der Waals surface area (Å²) in [5, 5.41) is 3.12. The van der Waals surface area contributed by atoms with Crippen molar-refractivity contribution in [2.45, 2.75) is 66.5 Å². The minimum absolute atomic E-state index is 0. The van der Waals surface area contributed by atoms with Crippen molar-refractivity contribution in [2.75, 3.05) is 11.9 Å². The predicted octanol–water partition coefficient (Wildman–Crippen LogP) is 4.48. The average Bonchev–Trinajstić information content (AvgIpc) is 2.38. The van der Waals surface area contributed by atoms with Crippen molar-refractivity contribution in [1.82, 2.24) is 4.90 Å². The minimum atomic E-state index is 0. The molecule has 0 aliphatic carbocycles. The van der Waals surface area contributed by atoms with Crippen molar-refractivity contribution in [3.05, 3.63) is 28.8 Å². The molecule has 0 aromatic heterocycles. The van der Waals surface area contributed by atoms with Crippen molar-refractivity contribution < 1.29 is 4.79 Å². The number of hydrogen-bond acceptors (Lipinski definition) is 2. The van der Waals surface area contributed by atoms with E-state index in [-0.39, 0.29) is 18.3 Å². The Kier molecular flexibility index (Phi) is 7.09. The maximum Gasteiger partial charge on any atom is 0.238 e. The summed E-state index contributed by atoms with van der Waals surface area (Å²) in [6.45, 7) is 13.5. The number of nitrogens with one attached hydrogen (secondary N) is 1. The molecule has 1 aromatic carbocycles. The van der Waals surface area contributed by atoms with Gasteiger partial charge in [-0.1, -0.05) is 24.6 Å². The predicted molar refractivity (Wildman–Crippen MR) is 101 cm³/mol. The lowest BCUT2D eigenvalue weighted by atomic mass is 9.88. The van der Waals surface area contributed by atoms with E-state index < -0.39 is 0 Å². The van der Waals surface area contributed by atoms with Gasteiger partial charge in [0, 0.05) is 17.8 Å². The van der Waals surface area contributed by atoms with Crippen LogP contribution < -0.4 is 5.32 Å². The van der Waals surface area contributed by atoms with Crippen molar-refractivity contribution in [2.24, 2.45) is 5.92 Å². The first kappa shape index (κ1) is 20.0. The molecule has 1 aromatic rings. The van der Waals surface area contributed by atoms with Gasteiger partial charge in [0.1, 0.15) is 0 Å². The number of carbonyl (C=O) groups excluding carboxylic acids is 1. The zero-order valence-electron chi connectivity index (χ0n) is 15.3. The lowest BCUT2D eigenvalue weighted by Crippen LogP contribution is -2.49. The Morgan fingerprint density at radius 3 is 2.04 bits per heavy atom. The molecule has 1 N–H and O–H groups in total. The summed E-state index contributed by atoms with van der Waals surface area (Å²) in [6, 6.07) is 5.20. The summed E-state index contributed by atoms with van der Waals surface area (Å²) in [4.78, 5) is 14.8. The number of rotatable bonds is 3. The minimum Gasteiger partial charge on any atom is -0.324 e. The standard InChI is InChI=1S/C19H30N2O.ClH/c1-12-7-14(3)19(15(4)8-12)20-18(22)11-21-16(5)9-13(2)10-17(21)6;/h7-8,13,16-17H,9-11H2,1-6H3,(H,20,22);1H. The van der Waals surface area contributed by atoms with E-state index >= 15 is 0 Å². The van der Waals surface area contributed by atoms with E-state index in [0.717, 1.165) is 22.7 Å².